The number of halogens is 1. The first-order chi connectivity index (χ1) is 16.8. The lowest BCUT2D eigenvalue weighted by Gasteiger charge is -2.09. The van der Waals surface area contributed by atoms with Crippen LogP contribution >= 0.6 is 0 Å². The van der Waals surface area contributed by atoms with E-state index in [2.05, 4.69) is 15.7 Å². The molecule has 3 aromatic carbocycles. The van der Waals surface area contributed by atoms with Crippen LogP contribution in [0.3, 0.4) is 0 Å². The molecule has 2 N–H and O–H groups in total. The van der Waals surface area contributed by atoms with Crippen LogP contribution in [0.5, 0.6) is 0 Å². The zero-order valence-corrected chi connectivity index (χ0v) is 19.9. The molecule has 0 unspecified atom stereocenters. The van der Waals surface area contributed by atoms with Gasteiger partial charge >= 0.3 is 0 Å². The number of nitrogens with zero attached hydrogens (tertiary/aromatic N) is 2. The number of benzene rings is 3. The number of anilines is 1. The topological polar surface area (TPSA) is 76.0 Å². The highest BCUT2D eigenvalue weighted by Gasteiger charge is 2.19. The molecule has 6 nitrogen and oxygen atoms in total. The van der Waals surface area contributed by atoms with Crippen LogP contribution in [0.1, 0.15) is 35.3 Å². The van der Waals surface area contributed by atoms with E-state index in [1.807, 2.05) is 57.2 Å². The summed E-state index contributed by atoms with van der Waals surface area (Å²) >= 11 is 0. The molecule has 4 rings (SSSR count). The van der Waals surface area contributed by atoms with Crippen molar-refractivity contribution >= 4 is 17.5 Å². The maximum atomic E-state index is 13.4. The van der Waals surface area contributed by atoms with Crippen molar-refractivity contribution in [2.75, 3.05) is 5.32 Å². The SMILES string of the molecule is Cc1ccc(-c2nn(-c3ccc(F)cc3)cc2C(=O)Nc2ccc(CC(=O)NC(C)C)cc2)cc1. The predicted octanol–water partition coefficient (Wildman–Crippen LogP) is 5.31. The van der Waals surface area contributed by atoms with E-state index < -0.39 is 0 Å². The summed E-state index contributed by atoms with van der Waals surface area (Å²) < 4.78 is 15.0. The summed E-state index contributed by atoms with van der Waals surface area (Å²) in [4.78, 5) is 25.3. The van der Waals surface area contributed by atoms with Crippen molar-refractivity contribution in [1.82, 2.24) is 15.1 Å². The molecule has 0 atom stereocenters. The van der Waals surface area contributed by atoms with Crippen molar-refractivity contribution in [2.24, 2.45) is 0 Å². The molecule has 0 spiro atoms. The Morgan fingerprint density at radius 3 is 2.23 bits per heavy atom. The molecule has 0 aliphatic heterocycles. The Morgan fingerprint density at radius 2 is 1.60 bits per heavy atom. The van der Waals surface area contributed by atoms with E-state index in [1.54, 1.807) is 35.1 Å². The maximum Gasteiger partial charge on any atom is 0.259 e. The fourth-order valence-electron chi connectivity index (χ4n) is 3.65. The molecule has 0 saturated carbocycles. The summed E-state index contributed by atoms with van der Waals surface area (Å²) in [5.41, 5.74) is 4.90. The van der Waals surface area contributed by atoms with Gasteiger partial charge in [0.15, 0.2) is 0 Å². The summed E-state index contributed by atoms with van der Waals surface area (Å²) in [6.45, 7) is 5.82. The highest BCUT2D eigenvalue weighted by Crippen LogP contribution is 2.25. The Hall–Kier alpha value is -4.26. The molecule has 1 heterocycles. The monoisotopic (exact) mass is 470 g/mol. The third kappa shape index (κ3) is 6.00. The summed E-state index contributed by atoms with van der Waals surface area (Å²) in [6.07, 6.45) is 1.91. The van der Waals surface area contributed by atoms with E-state index in [0.717, 1.165) is 16.7 Å². The van der Waals surface area contributed by atoms with Gasteiger partial charge in [-0.25, -0.2) is 9.07 Å². The van der Waals surface area contributed by atoms with Gasteiger partial charge < -0.3 is 10.6 Å². The molecule has 0 radical (unpaired) electrons. The van der Waals surface area contributed by atoms with Crippen molar-refractivity contribution in [3.8, 4) is 16.9 Å². The number of aryl methyl sites for hydroxylation is 1. The lowest BCUT2D eigenvalue weighted by atomic mass is 10.1. The highest BCUT2D eigenvalue weighted by molar-refractivity contribution is 6.08. The van der Waals surface area contributed by atoms with Gasteiger partial charge in [-0.1, -0.05) is 42.0 Å². The molecule has 0 fully saturated rings. The third-order valence-corrected chi connectivity index (χ3v) is 5.40. The third-order valence-electron chi connectivity index (χ3n) is 5.40. The van der Waals surface area contributed by atoms with Crippen LogP contribution in [0.4, 0.5) is 10.1 Å². The van der Waals surface area contributed by atoms with Gasteiger partial charge in [-0.15, -0.1) is 0 Å². The quantitative estimate of drug-likeness (QED) is 0.385. The largest absolute Gasteiger partial charge is 0.354 e. The van der Waals surface area contributed by atoms with Crippen LogP contribution < -0.4 is 10.6 Å². The number of hydrogen-bond acceptors (Lipinski definition) is 3. The van der Waals surface area contributed by atoms with Crippen LogP contribution in [0.2, 0.25) is 0 Å². The van der Waals surface area contributed by atoms with Crippen molar-refractivity contribution < 1.29 is 14.0 Å². The van der Waals surface area contributed by atoms with Gasteiger partial charge in [0.05, 0.1) is 17.7 Å². The van der Waals surface area contributed by atoms with E-state index in [9.17, 15) is 14.0 Å². The second-order valence-electron chi connectivity index (χ2n) is 8.73. The van der Waals surface area contributed by atoms with E-state index >= 15 is 0 Å². The van der Waals surface area contributed by atoms with Crippen molar-refractivity contribution in [3.63, 3.8) is 0 Å². The molecule has 7 heteroatoms. The minimum Gasteiger partial charge on any atom is -0.354 e. The number of carbonyl (C=O) groups is 2. The maximum absolute atomic E-state index is 13.4. The van der Waals surface area contributed by atoms with Crippen LogP contribution in [-0.2, 0) is 11.2 Å². The summed E-state index contributed by atoms with van der Waals surface area (Å²) in [5.74, 6) is -0.713. The summed E-state index contributed by atoms with van der Waals surface area (Å²) in [7, 11) is 0. The van der Waals surface area contributed by atoms with Gasteiger partial charge in [-0.05, 0) is 62.7 Å². The van der Waals surface area contributed by atoms with E-state index in [4.69, 9.17) is 0 Å². The Morgan fingerprint density at radius 1 is 0.943 bits per heavy atom. The Labute approximate surface area is 203 Å². The van der Waals surface area contributed by atoms with Gasteiger partial charge in [0.2, 0.25) is 5.91 Å². The van der Waals surface area contributed by atoms with Gasteiger partial charge in [-0.2, -0.15) is 5.10 Å². The molecular weight excluding hydrogens is 443 g/mol. The molecule has 35 heavy (non-hydrogen) atoms. The Balaban J connectivity index is 1.59. The first-order valence-corrected chi connectivity index (χ1v) is 11.4. The van der Waals surface area contributed by atoms with Crippen LogP contribution in [0.15, 0.2) is 79.0 Å². The lowest BCUT2D eigenvalue weighted by Crippen LogP contribution is -2.31. The molecule has 0 bridgehead atoms. The van der Waals surface area contributed by atoms with Gasteiger partial charge in [0, 0.05) is 23.5 Å². The standard InChI is InChI=1S/C28H27FN4O2/c1-18(2)30-26(34)16-20-6-12-23(13-7-20)31-28(35)25-17-33(24-14-10-22(29)11-15-24)32-27(25)21-8-4-19(3)5-9-21/h4-15,17-18H,16H2,1-3H3,(H,30,34)(H,31,35). The minimum absolute atomic E-state index is 0.0484. The Bertz CT molecular complexity index is 1330. The number of aromatic nitrogens is 2. The van der Waals surface area contributed by atoms with Crippen molar-refractivity contribution in [3.05, 3.63) is 102 Å². The first kappa shape index (κ1) is 23.9. The molecule has 4 aromatic rings. The molecular formula is C28H27FN4O2. The number of carbonyl (C=O) groups excluding carboxylic acids is 2. The van der Waals surface area contributed by atoms with Crippen LogP contribution in [-0.4, -0.2) is 27.6 Å². The second-order valence-corrected chi connectivity index (χ2v) is 8.73. The normalized spacial score (nSPS) is 10.9. The molecule has 2 amide bonds. The second kappa shape index (κ2) is 10.3. The predicted molar refractivity (Wildman–Crippen MR) is 135 cm³/mol. The minimum atomic E-state index is -0.345. The molecule has 0 aliphatic carbocycles. The van der Waals surface area contributed by atoms with Crippen LogP contribution in [0, 0.1) is 12.7 Å². The number of hydrogen-bond donors (Lipinski definition) is 2. The summed E-state index contributed by atoms with van der Waals surface area (Å²) in [6, 6.07) is 20.9. The number of rotatable bonds is 7. The fourth-order valence-corrected chi connectivity index (χ4v) is 3.65. The van der Waals surface area contributed by atoms with Crippen LogP contribution in [0.25, 0.3) is 16.9 Å². The van der Waals surface area contributed by atoms with Gasteiger partial charge in [-0.3, -0.25) is 9.59 Å². The van der Waals surface area contributed by atoms with Gasteiger partial charge in [0.25, 0.3) is 5.91 Å². The average molecular weight is 471 g/mol. The first-order valence-electron chi connectivity index (χ1n) is 11.4. The highest BCUT2D eigenvalue weighted by atomic mass is 19.1. The summed E-state index contributed by atoms with van der Waals surface area (Å²) in [5, 5.41) is 10.4. The molecule has 1 aromatic heterocycles. The zero-order chi connectivity index (χ0) is 24.9. The Kier molecular flexibility index (Phi) is 7.06. The molecule has 0 aliphatic rings. The number of nitrogens with one attached hydrogen (secondary N) is 2. The van der Waals surface area contributed by atoms with E-state index in [-0.39, 0.29) is 30.1 Å². The average Bonchev–Trinajstić information content (AvgIpc) is 3.26. The van der Waals surface area contributed by atoms with E-state index in [0.29, 0.717) is 22.6 Å². The fraction of sp³-hybridized carbons (Fsp3) is 0.179. The van der Waals surface area contributed by atoms with Crippen molar-refractivity contribution in [2.45, 2.75) is 33.2 Å². The lowest BCUT2D eigenvalue weighted by molar-refractivity contribution is -0.120. The van der Waals surface area contributed by atoms with Crippen molar-refractivity contribution in [1.29, 1.82) is 0 Å². The molecule has 178 valence electrons. The zero-order valence-electron chi connectivity index (χ0n) is 19.9. The molecule has 0 saturated heterocycles. The smallest absolute Gasteiger partial charge is 0.259 e. The number of amides is 2. The van der Waals surface area contributed by atoms with E-state index in [1.165, 1.54) is 12.1 Å². The van der Waals surface area contributed by atoms with Gasteiger partial charge in [0.1, 0.15) is 11.5 Å².